The first-order chi connectivity index (χ1) is 16.2. The van der Waals surface area contributed by atoms with Gasteiger partial charge in [0.2, 0.25) is 0 Å². The van der Waals surface area contributed by atoms with E-state index in [9.17, 15) is 14.3 Å². The first-order valence-electron chi connectivity index (χ1n) is 12.4. The Kier molecular flexibility index (Phi) is 9.04. The van der Waals surface area contributed by atoms with Crippen LogP contribution in [-0.4, -0.2) is 11.1 Å². The Hall–Kier alpha value is -2.94. The number of aliphatic carboxylic acids is 1. The van der Waals surface area contributed by atoms with Crippen LogP contribution >= 0.6 is 0 Å². The molecule has 0 amide bonds. The maximum absolute atomic E-state index is 14.2. The summed E-state index contributed by atoms with van der Waals surface area (Å²) in [4.78, 5) is 11.2. The molecule has 0 radical (unpaired) electrons. The van der Waals surface area contributed by atoms with E-state index < -0.39 is 5.97 Å². The van der Waals surface area contributed by atoms with Crippen LogP contribution in [0.3, 0.4) is 0 Å². The van der Waals surface area contributed by atoms with Crippen LogP contribution in [0.5, 0.6) is 0 Å². The van der Waals surface area contributed by atoms with Gasteiger partial charge in [0, 0.05) is 0 Å². The van der Waals surface area contributed by atoms with Crippen molar-refractivity contribution in [2.75, 3.05) is 0 Å². The Labute approximate surface area is 203 Å². The van der Waals surface area contributed by atoms with Gasteiger partial charge in [-0.05, 0) is 103 Å². The zero-order valence-corrected chi connectivity index (χ0v) is 20.9. The molecule has 34 heavy (non-hydrogen) atoms. The molecule has 0 saturated carbocycles. The van der Waals surface area contributed by atoms with Crippen LogP contribution in [-0.2, 0) is 30.5 Å². The number of aryl methyl sites for hydroxylation is 4. The van der Waals surface area contributed by atoms with E-state index >= 15 is 0 Å². The van der Waals surface area contributed by atoms with E-state index in [1.54, 1.807) is 6.07 Å². The van der Waals surface area contributed by atoms with Crippen molar-refractivity contribution in [1.82, 2.24) is 0 Å². The van der Waals surface area contributed by atoms with Crippen LogP contribution in [0.1, 0.15) is 71.6 Å². The van der Waals surface area contributed by atoms with Gasteiger partial charge in [-0.15, -0.1) is 0 Å². The fourth-order valence-corrected chi connectivity index (χ4v) is 4.83. The van der Waals surface area contributed by atoms with Gasteiger partial charge >= 0.3 is 5.97 Å². The van der Waals surface area contributed by atoms with Gasteiger partial charge in [-0.3, -0.25) is 4.79 Å². The van der Waals surface area contributed by atoms with Gasteiger partial charge in [0.1, 0.15) is 5.82 Å². The van der Waals surface area contributed by atoms with Crippen LogP contribution < -0.4 is 0 Å². The summed E-state index contributed by atoms with van der Waals surface area (Å²) in [6, 6.07) is 20.8. The number of benzene rings is 3. The van der Waals surface area contributed by atoms with Crippen molar-refractivity contribution in [3.05, 3.63) is 105 Å². The van der Waals surface area contributed by atoms with E-state index in [-0.39, 0.29) is 18.2 Å². The summed E-state index contributed by atoms with van der Waals surface area (Å²) in [7, 11) is 0. The highest BCUT2D eigenvalue weighted by atomic mass is 19.1. The summed E-state index contributed by atoms with van der Waals surface area (Å²) in [5, 5.41) is 9.17. The van der Waals surface area contributed by atoms with E-state index in [0.29, 0.717) is 5.92 Å². The molecule has 3 rings (SSSR count). The molecule has 2 unspecified atom stereocenters. The van der Waals surface area contributed by atoms with Gasteiger partial charge < -0.3 is 5.11 Å². The molecule has 1 N–H and O–H groups in total. The summed E-state index contributed by atoms with van der Waals surface area (Å²) in [5.41, 5.74) is 7.96. The Bertz CT molecular complexity index is 1100. The predicted molar refractivity (Wildman–Crippen MR) is 138 cm³/mol. The van der Waals surface area contributed by atoms with E-state index in [0.717, 1.165) is 48.8 Å². The van der Waals surface area contributed by atoms with Crippen LogP contribution in [0.25, 0.3) is 0 Å². The highest BCUT2D eigenvalue weighted by Crippen LogP contribution is 2.27. The van der Waals surface area contributed by atoms with E-state index in [1.807, 2.05) is 26.0 Å². The lowest BCUT2D eigenvalue weighted by Gasteiger charge is -2.17. The summed E-state index contributed by atoms with van der Waals surface area (Å²) >= 11 is 0. The first-order valence-corrected chi connectivity index (χ1v) is 12.4. The molecule has 180 valence electrons. The monoisotopic (exact) mass is 460 g/mol. The standard InChI is InChI=1S/C31H37FO2/c1-5-27(20-31(33)34)29-15-13-26(19-23(29)4)12-9-24-7-10-25(11-8-24)16-22(3)17-28-14-6-21(2)18-30(28)32/h6-8,10-11,13-15,18-19,22,27H,5,9,12,16-17,20H2,1-4H3,(H,33,34). The van der Waals surface area contributed by atoms with Crippen molar-refractivity contribution in [1.29, 1.82) is 0 Å². The van der Waals surface area contributed by atoms with Gasteiger partial charge in [0.25, 0.3) is 0 Å². The lowest BCUT2D eigenvalue weighted by molar-refractivity contribution is -0.137. The lowest BCUT2D eigenvalue weighted by Crippen LogP contribution is -2.07. The molecule has 0 saturated heterocycles. The van der Waals surface area contributed by atoms with Crippen LogP contribution in [0.2, 0.25) is 0 Å². The highest BCUT2D eigenvalue weighted by molar-refractivity contribution is 5.68. The summed E-state index contributed by atoms with van der Waals surface area (Å²) < 4.78 is 14.2. The van der Waals surface area contributed by atoms with Gasteiger partial charge in [-0.2, -0.15) is 0 Å². The van der Waals surface area contributed by atoms with Crippen LogP contribution in [0.4, 0.5) is 4.39 Å². The largest absolute Gasteiger partial charge is 0.481 e. The smallest absolute Gasteiger partial charge is 0.303 e. The molecular formula is C31H37FO2. The summed E-state index contributed by atoms with van der Waals surface area (Å²) in [6.07, 6.45) is 4.62. The van der Waals surface area contributed by atoms with Crippen LogP contribution in [0.15, 0.2) is 60.7 Å². The zero-order chi connectivity index (χ0) is 24.7. The molecule has 0 spiro atoms. The van der Waals surface area contributed by atoms with Crippen molar-refractivity contribution in [2.45, 2.75) is 72.1 Å². The number of halogens is 1. The molecule has 2 nitrogen and oxygen atoms in total. The van der Waals surface area contributed by atoms with E-state index in [1.165, 1.54) is 22.3 Å². The zero-order valence-electron chi connectivity index (χ0n) is 20.9. The van der Waals surface area contributed by atoms with Crippen LogP contribution in [0, 0.1) is 25.6 Å². The SMILES string of the molecule is CCC(CC(=O)O)c1ccc(CCc2ccc(CC(C)Cc3ccc(C)cc3F)cc2)cc1C. The number of carboxylic acids is 1. The maximum Gasteiger partial charge on any atom is 0.303 e. The normalized spacial score (nSPS) is 13.0. The number of hydrogen-bond acceptors (Lipinski definition) is 1. The molecule has 0 aliphatic carbocycles. The van der Waals surface area contributed by atoms with Gasteiger partial charge in [0.15, 0.2) is 0 Å². The molecule has 0 heterocycles. The molecule has 2 atom stereocenters. The summed E-state index contributed by atoms with van der Waals surface area (Å²) in [5.74, 6) is -0.394. The Morgan fingerprint density at radius 3 is 2.15 bits per heavy atom. The molecule has 0 bridgehead atoms. The van der Waals surface area contributed by atoms with Crippen molar-refractivity contribution in [3.63, 3.8) is 0 Å². The molecule has 0 aromatic heterocycles. The maximum atomic E-state index is 14.2. The Balaban J connectivity index is 1.54. The fraction of sp³-hybridized carbons (Fsp3) is 0.387. The molecule has 0 fully saturated rings. The van der Waals surface area contributed by atoms with E-state index in [4.69, 9.17) is 0 Å². The predicted octanol–water partition coefficient (Wildman–Crippen LogP) is 7.62. The van der Waals surface area contributed by atoms with Crippen molar-refractivity contribution in [2.24, 2.45) is 5.92 Å². The third-order valence-corrected chi connectivity index (χ3v) is 6.77. The number of carbonyl (C=O) groups is 1. The summed E-state index contributed by atoms with van der Waals surface area (Å²) in [6.45, 7) is 8.23. The number of hydrogen-bond donors (Lipinski definition) is 1. The second kappa shape index (κ2) is 12.0. The molecule has 3 aromatic rings. The van der Waals surface area contributed by atoms with Gasteiger partial charge in [0.05, 0.1) is 6.42 Å². The molecule has 3 heteroatoms. The Morgan fingerprint density at radius 1 is 0.882 bits per heavy atom. The molecule has 3 aromatic carbocycles. The Morgan fingerprint density at radius 2 is 1.53 bits per heavy atom. The first kappa shape index (κ1) is 25.7. The quantitative estimate of drug-likeness (QED) is 0.320. The minimum Gasteiger partial charge on any atom is -0.481 e. The number of rotatable bonds is 11. The van der Waals surface area contributed by atoms with Gasteiger partial charge in [-0.25, -0.2) is 4.39 Å². The number of carboxylic acid groups (broad SMARTS) is 1. The molecular weight excluding hydrogens is 423 g/mol. The van der Waals surface area contributed by atoms with Gasteiger partial charge in [-0.1, -0.05) is 68.4 Å². The van der Waals surface area contributed by atoms with Crippen molar-refractivity contribution < 1.29 is 14.3 Å². The van der Waals surface area contributed by atoms with Crippen molar-refractivity contribution in [3.8, 4) is 0 Å². The van der Waals surface area contributed by atoms with E-state index in [2.05, 4.69) is 56.3 Å². The minimum absolute atomic E-state index is 0.0731. The third kappa shape index (κ3) is 7.28. The minimum atomic E-state index is -0.740. The van der Waals surface area contributed by atoms with Crippen molar-refractivity contribution >= 4 is 5.97 Å². The average molecular weight is 461 g/mol. The second-order valence-electron chi connectivity index (χ2n) is 9.82. The topological polar surface area (TPSA) is 37.3 Å². The highest BCUT2D eigenvalue weighted by Gasteiger charge is 2.16. The average Bonchev–Trinajstić information content (AvgIpc) is 2.79. The molecule has 0 aliphatic heterocycles. The second-order valence-corrected chi connectivity index (χ2v) is 9.82. The third-order valence-electron chi connectivity index (χ3n) is 6.77. The lowest BCUT2D eigenvalue weighted by atomic mass is 9.88. The fourth-order valence-electron chi connectivity index (χ4n) is 4.83. The molecule has 0 aliphatic rings.